The van der Waals surface area contributed by atoms with Gasteiger partial charge < -0.3 is 24.8 Å². The molecule has 5 aromatic rings. The van der Waals surface area contributed by atoms with E-state index in [0.717, 1.165) is 29.2 Å². The summed E-state index contributed by atoms with van der Waals surface area (Å²) in [5.41, 5.74) is 8.51. The highest BCUT2D eigenvalue weighted by molar-refractivity contribution is 7.80. The molecule has 44 heavy (non-hydrogen) atoms. The van der Waals surface area contributed by atoms with Crippen molar-refractivity contribution in [2.24, 2.45) is 0 Å². The summed E-state index contributed by atoms with van der Waals surface area (Å²) in [4.78, 5) is 19.4. The van der Waals surface area contributed by atoms with Gasteiger partial charge in [0.1, 0.15) is 5.75 Å². The summed E-state index contributed by atoms with van der Waals surface area (Å²) >= 11 is 5.97. The van der Waals surface area contributed by atoms with E-state index in [1.54, 1.807) is 0 Å². The van der Waals surface area contributed by atoms with E-state index in [2.05, 4.69) is 71.2 Å². The second kappa shape index (κ2) is 12.7. The lowest BCUT2D eigenvalue weighted by molar-refractivity contribution is -0.118. The molecule has 1 fully saturated rings. The number of carbonyl (C=O) groups is 1. The molecule has 0 unspecified atom stereocenters. The van der Waals surface area contributed by atoms with E-state index < -0.39 is 0 Å². The van der Waals surface area contributed by atoms with Gasteiger partial charge in [-0.1, -0.05) is 49.4 Å². The van der Waals surface area contributed by atoms with Gasteiger partial charge in [-0.15, -0.1) is 0 Å². The number of rotatable bonds is 9. The molecule has 1 saturated heterocycles. The van der Waals surface area contributed by atoms with Crippen molar-refractivity contribution in [1.82, 2.24) is 14.9 Å². The summed E-state index contributed by atoms with van der Waals surface area (Å²) in [6, 6.07) is 33.6. The Kier molecular flexibility index (Phi) is 8.43. The molecule has 3 aromatic carbocycles. The van der Waals surface area contributed by atoms with E-state index in [9.17, 15) is 4.79 Å². The number of hydrogen-bond donors (Lipinski definition) is 2. The third-order valence-corrected chi connectivity index (χ3v) is 8.36. The van der Waals surface area contributed by atoms with Crippen molar-refractivity contribution in [3.8, 4) is 11.4 Å². The van der Waals surface area contributed by atoms with E-state index in [4.69, 9.17) is 21.9 Å². The minimum Gasteiger partial charge on any atom is -0.484 e. The van der Waals surface area contributed by atoms with Gasteiger partial charge >= 0.3 is 0 Å². The maximum atomic E-state index is 12.6. The van der Waals surface area contributed by atoms with Crippen LogP contribution in [0.15, 0.2) is 109 Å². The van der Waals surface area contributed by atoms with E-state index in [1.807, 2.05) is 79.0 Å². The van der Waals surface area contributed by atoms with Crippen molar-refractivity contribution in [3.05, 3.63) is 138 Å². The van der Waals surface area contributed by atoms with Gasteiger partial charge in [0.05, 0.1) is 17.8 Å². The normalized spacial score (nSPS) is 16.1. The number of thiocarbonyl (C=S) groups is 1. The number of aryl methyl sites for hydroxylation is 2. The Morgan fingerprint density at radius 1 is 0.955 bits per heavy atom. The van der Waals surface area contributed by atoms with Crippen LogP contribution in [-0.2, 0) is 11.2 Å². The molecule has 1 amide bonds. The first-order chi connectivity index (χ1) is 21.4. The second-order valence-corrected chi connectivity index (χ2v) is 11.2. The number of pyridine rings is 1. The summed E-state index contributed by atoms with van der Waals surface area (Å²) in [7, 11) is 0. The lowest BCUT2D eigenvalue weighted by Crippen LogP contribution is -2.29. The number of para-hydroxylation sites is 2. The highest BCUT2D eigenvalue weighted by Gasteiger charge is 2.42. The van der Waals surface area contributed by atoms with Crippen LogP contribution in [0.3, 0.4) is 0 Å². The quantitative estimate of drug-likeness (QED) is 0.174. The van der Waals surface area contributed by atoms with Crippen molar-refractivity contribution in [3.63, 3.8) is 0 Å². The number of nitrogens with zero attached hydrogens (tertiary/aromatic N) is 3. The average Bonchev–Trinajstić information content (AvgIpc) is 3.55. The molecule has 6 rings (SSSR count). The van der Waals surface area contributed by atoms with Crippen molar-refractivity contribution in [2.45, 2.75) is 39.3 Å². The van der Waals surface area contributed by atoms with E-state index >= 15 is 0 Å². The number of aromatic nitrogens is 2. The summed E-state index contributed by atoms with van der Waals surface area (Å²) in [6.07, 6.45) is 2.77. The molecular formula is C36H35N5O2S. The molecule has 7 nitrogen and oxygen atoms in total. The molecule has 0 saturated carbocycles. The van der Waals surface area contributed by atoms with Crippen LogP contribution in [0.1, 0.15) is 47.2 Å². The predicted octanol–water partition coefficient (Wildman–Crippen LogP) is 7.25. The minimum atomic E-state index is -0.229. The van der Waals surface area contributed by atoms with E-state index in [1.165, 1.54) is 16.8 Å². The fraction of sp³-hybridized carbons (Fsp3) is 0.194. The zero-order valence-electron chi connectivity index (χ0n) is 25.0. The molecular weight excluding hydrogens is 566 g/mol. The predicted molar refractivity (Wildman–Crippen MR) is 180 cm³/mol. The Balaban J connectivity index is 1.32. The van der Waals surface area contributed by atoms with Crippen LogP contribution < -0.4 is 20.3 Å². The molecule has 2 aromatic heterocycles. The van der Waals surface area contributed by atoms with Crippen LogP contribution in [-0.4, -0.2) is 27.2 Å². The number of nitrogens with one attached hydrogen (secondary N) is 2. The van der Waals surface area contributed by atoms with Crippen LogP contribution in [0.2, 0.25) is 0 Å². The van der Waals surface area contributed by atoms with Crippen LogP contribution in [0.4, 0.5) is 11.4 Å². The largest absolute Gasteiger partial charge is 0.484 e. The highest BCUT2D eigenvalue weighted by atomic mass is 32.1. The molecule has 0 aliphatic carbocycles. The summed E-state index contributed by atoms with van der Waals surface area (Å²) in [6.45, 7) is 6.45. The van der Waals surface area contributed by atoms with Crippen molar-refractivity contribution in [1.29, 1.82) is 0 Å². The highest BCUT2D eigenvalue weighted by Crippen LogP contribution is 2.44. The van der Waals surface area contributed by atoms with Gasteiger partial charge in [0.25, 0.3) is 5.91 Å². The third kappa shape index (κ3) is 5.81. The zero-order valence-corrected chi connectivity index (χ0v) is 25.8. The van der Waals surface area contributed by atoms with Gasteiger partial charge in [0, 0.05) is 34.6 Å². The topological polar surface area (TPSA) is 71.4 Å². The van der Waals surface area contributed by atoms with E-state index in [0.29, 0.717) is 16.5 Å². The number of carbonyl (C=O) groups excluding carboxylic acids is 1. The van der Waals surface area contributed by atoms with Crippen LogP contribution >= 0.6 is 12.2 Å². The Morgan fingerprint density at radius 2 is 1.68 bits per heavy atom. The number of anilines is 2. The van der Waals surface area contributed by atoms with Gasteiger partial charge in [-0.3, -0.25) is 9.78 Å². The second-order valence-electron chi connectivity index (χ2n) is 10.8. The lowest BCUT2D eigenvalue weighted by Gasteiger charge is -2.28. The summed E-state index contributed by atoms with van der Waals surface area (Å²) < 4.78 is 7.94. The molecule has 3 heterocycles. The summed E-state index contributed by atoms with van der Waals surface area (Å²) in [5.74, 6) is 0.423. The standard InChI is InChI=1S/C36H35N5O2S/c1-4-26-12-8-9-16-32(26)40-24(2)22-30(25(40)3)35-34(31-15-10-11-21-37-31)39-36(44)41(35)28-19-17-27(18-20-28)38-33(42)23-43-29-13-6-5-7-14-29/h5-22,34-35H,4,23H2,1-3H3,(H,38,42)(H,39,44)/t34-,35+/m1/s1. The number of benzene rings is 3. The molecule has 8 heteroatoms. The Morgan fingerprint density at radius 3 is 2.41 bits per heavy atom. The molecule has 0 bridgehead atoms. The van der Waals surface area contributed by atoms with Crippen molar-refractivity contribution in [2.75, 3.05) is 16.8 Å². The van der Waals surface area contributed by atoms with E-state index in [-0.39, 0.29) is 24.6 Å². The maximum Gasteiger partial charge on any atom is 0.262 e. The third-order valence-electron chi connectivity index (χ3n) is 8.04. The number of amides is 1. The smallest absolute Gasteiger partial charge is 0.262 e. The van der Waals surface area contributed by atoms with Gasteiger partial charge in [-0.05, 0) is 104 Å². The van der Waals surface area contributed by atoms with Gasteiger partial charge in [-0.2, -0.15) is 0 Å². The van der Waals surface area contributed by atoms with Gasteiger partial charge in [-0.25, -0.2) is 0 Å². The number of ether oxygens (including phenoxy) is 1. The SMILES string of the molecule is CCc1ccccc1-n1c(C)cc([C@H]2[C@@H](c3ccccn3)NC(=S)N2c2ccc(NC(=O)COc3ccccc3)cc2)c1C. The first-order valence-electron chi connectivity index (χ1n) is 14.8. The van der Waals surface area contributed by atoms with Crippen molar-refractivity contribution < 1.29 is 9.53 Å². The fourth-order valence-corrected chi connectivity index (χ4v) is 6.35. The average molecular weight is 602 g/mol. The summed E-state index contributed by atoms with van der Waals surface area (Å²) in [5, 5.41) is 7.11. The Hall–Kier alpha value is -4.95. The molecule has 2 N–H and O–H groups in total. The Bertz CT molecular complexity index is 1770. The molecule has 2 atom stereocenters. The first-order valence-corrected chi connectivity index (χ1v) is 15.2. The Labute approximate surface area is 263 Å². The lowest BCUT2D eigenvalue weighted by atomic mass is 9.96. The molecule has 222 valence electrons. The fourth-order valence-electron chi connectivity index (χ4n) is 6.00. The molecule has 0 spiro atoms. The molecule has 1 aliphatic heterocycles. The number of hydrogen-bond acceptors (Lipinski definition) is 4. The minimum absolute atomic E-state index is 0.0729. The monoisotopic (exact) mass is 601 g/mol. The van der Waals surface area contributed by atoms with Crippen LogP contribution in [0, 0.1) is 13.8 Å². The van der Waals surface area contributed by atoms with Gasteiger partial charge in [0.2, 0.25) is 0 Å². The van der Waals surface area contributed by atoms with Crippen molar-refractivity contribution >= 4 is 34.6 Å². The first kappa shape index (κ1) is 29.1. The van der Waals surface area contributed by atoms with Crippen LogP contribution in [0.25, 0.3) is 5.69 Å². The zero-order chi connectivity index (χ0) is 30.6. The maximum absolute atomic E-state index is 12.6. The molecule has 1 aliphatic rings. The van der Waals surface area contributed by atoms with Crippen LogP contribution in [0.5, 0.6) is 5.75 Å². The van der Waals surface area contributed by atoms with Gasteiger partial charge in [0.15, 0.2) is 11.7 Å². The molecule has 0 radical (unpaired) electrons.